The molecule has 0 bridgehead atoms. The fourth-order valence-electron chi connectivity index (χ4n) is 1.49. The zero-order valence-corrected chi connectivity index (χ0v) is 11.9. The second kappa shape index (κ2) is 6.97. The third-order valence-corrected chi connectivity index (χ3v) is 3.57. The lowest BCUT2D eigenvalue weighted by Crippen LogP contribution is -2.16. The van der Waals surface area contributed by atoms with Crippen LogP contribution in [0.2, 0.25) is 5.02 Å². The van der Waals surface area contributed by atoms with Crippen LogP contribution in [0.5, 0.6) is 5.75 Å². The summed E-state index contributed by atoms with van der Waals surface area (Å²) in [6, 6.07) is 5.50. The van der Waals surface area contributed by atoms with Gasteiger partial charge in [-0.05, 0) is 43.9 Å². The molecule has 0 aliphatic rings. The fourth-order valence-corrected chi connectivity index (χ4v) is 2.26. The molecule has 0 fully saturated rings. The smallest absolute Gasteiger partial charge is 0.209 e. The lowest BCUT2D eigenvalue weighted by Gasteiger charge is -2.09. The molecule has 0 radical (unpaired) electrons. The van der Waals surface area contributed by atoms with Crippen molar-refractivity contribution in [3.8, 4) is 5.75 Å². The van der Waals surface area contributed by atoms with E-state index in [1.54, 1.807) is 6.07 Å². The number of nitrogens with two attached hydrogens (primary N) is 1. The molecule has 0 amide bonds. The van der Waals surface area contributed by atoms with Gasteiger partial charge >= 0.3 is 0 Å². The lowest BCUT2D eigenvalue weighted by atomic mass is 10.2. The number of sulfonamides is 1. The summed E-state index contributed by atoms with van der Waals surface area (Å²) in [4.78, 5) is 0. The summed E-state index contributed by atoms with van der Waals surface area (Å²) in [6.45, 7) is 2.50. The highest BCUT2D eigenvalue weighted by Gasteiger charge is 2.03. The molecule has 0 atom stereocenters. The van der Waals surface area contributed by atoms with Crippen molar-refractivity contribution >= 4 is 21.6 Å². The van der Waals surface area contributed by atoms with Gasteiger partial charge in [0.15, 0.2) is 0 Å². The number of hydrogen-bond acceptors (Lipinski definition) is 3. The molecule has 18 heavy (non-hydrogen) atoms. The molecule has 102 valence electrons. The molecule has 0 aromatic heterocycles. The Morgan fingerprint density at radius 1 is 1.28 bits per heavy atom. The van der Waals surface area contributed by atoms with E-state index >= 15 is 0 Å². The van der Waals surface area contributed by atoms with E-state index in [4.69, 9.17) is 21.5 Å². The van der Waals surface area contributed by atoms with Gasteiger partial charge in [0.1, 0.15) is 5.75 Å². The number of ether oxygens (including phenoxy) is 1. The minimum atomic E-state index is -3.33. The van der Waals surface area contributed by atoms with E-state index in [0.29, 0.717) is 18.1 Å². The fraction of sp³-hybridized carbons (Fsp3) is 0.500. The van der Waals surface area contributed by atoms with Crippen LogP contribution in [0.15, 0.2) is 18.2 Å². The van der Waals surface area contributed by atoms with Gasteiger partial charge in [0.05, 0.1) is 12.4 Å². The molecule has 0 saturated heterocycles. The van der Waals surface area contributed by atoms with Crippen molar-refractivity contribution in [2.75, 3.05) is 12.4 Å². The Morgan fingerprint density at radius 2 is 2.00 bits per heavy atom. The summed E-state index contributed by atoms with van der Waals surface area (Å²) in [5.74, 6) is 0.803. The first kappa shape index (κ1) is 15.3. The second-order valence-corrected chi connectivity index (χ2v) is 6.36. The average molecular weight is 292 g/mol. The van der Waals surface area contributed by atoms with E-state index in [0.717, 1.165) is 24.2 Å². The molecule has 1 aromatic rings. The molecule has 6 heteroatoms. The Labute approximate surface area is 113 Å². The maximum absolute atomic E-state index is 10.7. The quantitative estimate of drug-likeness (QED) is 0.785. The van der Waals surface area contributed by atoms with Crippen LogP contribution in [-0.4, -0.2) is 20.8 Å². The largest absolute Gasteiger partial charge is 0.493 e. The molecule has 2 N–H and O–H groups in total. The van der Waals surface area contributed by atoms with Crippen LogP contribution < -0.4 is 9.88 Å². The van der Waals surface area contributed by atoms with Crippen LogP contribution in [0.1, 0.15) is 24.8 Å². The Bertz CT molecular complexity index is 488. The van der Waals surface area contributed by atoms with Crippen LogP contribution in [0.3, 0.4) is 0 Å². The van der Waals surface area contributed by atoms with Gasteiger partial charge in [0.2, 0.25) is 10.0 Å². The standard InChI is InChI=1S/C12H18ClNO3S/c1-10-5-6-11(13)9-12(10)17-7-3-2-4-8-18(14,15)16/h5-6,9H,2-4,7-8H2,1H3,(H2,14,15,16). The number of halogens is 1. The van der Waals surface area contributed by atoms with E-state index in [-0.39, 0.29) is 5.75 Å². The molecule has 0 unspecified atom stereocenters. The molecule has 0 spiro atoms. The number of primary sulfonamides is 1. The first-order chi connectivity index (χ1) is 8.38. The van der Waals surface area contributed by atoms with Crippen LogP contribution in [0.25, 0.3) is 0 Å². The summed E-state index contributed by atoms with van der Waals surface area (Å²) in [5, 5.41) is 5.55. The predicted molar refractivity (Wildman–Crippen MR) is 73.5 cm³/mol. The highest BCUT2D eigenvalue weighted by Crippen LogP contribution is 2.22. The molecule has 0 saturated carbocycles. The minimum Gasteiger partial charge on any atom is -0.493 e. The predicted octanol–water partition coefficient (Wildman–Crippen LogP) is 2.49. The van der Waals surface area contributed by atoms with E-state index in [1.807, 2.05) is 19.1 Å². The summed E-state index contributed by atoms with van der Waals surface area (Å²) in [7, 11) is -3.33. The molecular formula is C12H18ClNO3S. The van der Waals surface area contributed by atoms with Crippen LogP contribution in [-0.2, 0) is 10.0 Å². The number of aryl methyl sites for hydroxylation is 1. The molecule has 4 nitrogen and oxygen atoms in total. The normalized spacial score (nSPS) is 11.5. The second-order valence-electron chi connectivity index (χ2n) is 4.19. The Kier molecular flexibility index (Phi) is 5.91. The van der Waals surface area contributed by atoms with Gasteiger partial charge in [-0.25, -0.2) is 13.6 Å². The number of unbranched alkanes of at least 4 members (excludes halogenated alkanes) is 2. The van der Waals surface area contributed by atoms with Gasteiger partial charge in [0, 0.05) is 5.02 Å². The van der Waals surface area contributed by atoms with Gasteiger partial charge in [-0.2, -0.15) is 0 Å². The molecule has 0 heterocycles. The number of benzene rings is 1. The van der Waals surface area contributed by atoms with Gasteiger partial charge in [-0.1, -0.05) is 17.7 Å². The Balaban J connectivity index is 2.24. The zero-order valence-electron chi connectivity index (χ0n) is 10.4. The van der Waals surface area contributed by atoms with Gasteiger partial charge in [0.25, 0.3) is 0 Å². The van der Waals surface area contributed by atoms with Gasteiger partial charge < -0.3 is 4.74 Å². The summed E-state index contributed by atoms with van der Waals surface area (Å²) in [5.41, 5.74) is 1.03. The monoisotopic (exact) mass is 291 g/mol. The van der Waals surface area contributed by atoms with Crippen molar-refractivity contribution in [1.82, 2.24) is 0 Å². The van der Waals surface area contributed by atoms with Crippen molar-refractivity contribution in [1.29, 1.82) is 0 Å². The van der Waals surface area contributed by atoms with E-state index in [1.165, 1.54) is 0 Å². The first-order valence-electron chi connectivity index (χ1n) is 5.78. The average Bonchev–Trinajstić information content (AvgIpc) is 2.26. The van der Waals surface area contributed by atoms with Crippen molar-refractivity contribution in [2.24, 2.45) is 5.14 Å². The molecular weight excluding hydrogens is 274 g/mol. The highest BCUT2D eigenvalue weighted by atomic mass is 35.5. The number of hydrogen-bond donors (Lipinski definition) is 1. The van der Waals surface area contributed by atoms with Crippen molar-refractivity contribution in [2.45, 2.75) is 26.2 Å². The van der Waals surface area contributed by atoms with Gasteiger partial charge in [-0.3, -0.25) is 0 Å². The lowest BCUT2D eigenvalue weighted by molar-refractivity contribution is 0.304. The third-order valence-electron chi connectivity index (χ3n) is 2.48. The van der Waals surface area contributed by atoms with Crippen LogP contribution in [0, 0.1) is 6.92 Å². The third kappa shape index (κ3) is 6.23. The molecule has 0 aliphatic heterocycles. The summed E-state index contributed by atoms with van der Waals surface area (Å²) < 4.78 is 27.0. The summed E-state index contributed by atoms with van der Waals surface area (Å²) >= 11 is 5.87. The Morgan fingerprint density at radius 3 is 2.67 bits per heavy atom. The first-order valence-corrected chi connectivity index (χ1v) is 7.87. The SMILES string of the molecule is Cc1ccc(Cl)cc1OCCCCCS(N)(=O)=O. The van der Waals surface area contributed by atoms with Crippen LogP contribution >= 0.6 is 11.6 Å². The summed E-state index contributed by atoms with van der Waals surface area (Å²) in [6.07, 6.45) is 2.13. The van der Waals surface area contributed by atoms with E-state index < -0.39 is 10.0 Å². The van der Waals surface area contributed by atoms with Crippen molar-refractivity contribution < 1.29 is 13.2 Å². The Hall–Kier alpha value is -0.780. The molecule has 1 aromatic carbocycles. The molecule has 0 aliphatic carbocycles. The van der Waals surface area contributed by atoms with Crippen LogP contribution in [0.4, 0.5) is 0 Å². The van der Waals surface area contributed by atoms with Crippen molar-refractivity contribution in [3.05, 3.63) is 28.8 Å². The topological polar surface area (TPSA) is 69.4 Å². The highest BCUT2D eigenvalue weighted by molar-refractivity contribution is 7.89. The maximum atomic E-state index is 10.7. The maximum Gasteiger partial charge on any atom is 0.209 e. The van der Waals surface area contributed by atoms with Gasteiger partial charge in [-0.15, -0.1) is 0 Å². The van der Waals surface area contributed by atoms with Crippen molar-refractivity contribution in [3.63, 3.8) is 0 Å². The minimum absolute atomic E-state index is 0.0309. The molecule has 1 rings (SSSR count). The zero-order chi connectivity index (χ0) is 13.6. The van der Waals surface area contributed by atoms with E-state index in [2.05, 4.69) is 0 Å². The van der Waals surface area contributed by atoms with E-state index in [9.17, 15) is 8.42 Å². The number of rotatable bonds is 7.